The van der Waals surface area contributed by atoms with E-state index in [0.29, 0.717) is 10.6 Å². The quantitative estimate of drug-likeness (QED) is 0.520. The molecule has 9 nitrogen and oxygen atoms in total. The molecule has 3 amide bonds. The van der Waals surface area contributed by atoms with Crippen LogP contribution in [0.15, 0.2) is 11.6 Å². The summed E-state index contributed by atoms with van der Waals surface area (Å²) in [6, 6.07) is -2.46. The fraction of sp³-hybridized carbons (Fsp3) is 0.600. The lowest BCUT2D eigenvalue weighted by molar-refractivity contribution is -0.121. The molecule has 10 heteroatoms. The van der Waals surface area contributed by atoms with E-state index in [1.165, 1.54) is 0 Å². The highest BCUT2D eigenvalue weighted by molar-refractivity contribution is 7.80. The second-order valence-corrected chi connectivity index (χ2v) is 5.96. The Morgan fingerprint density at radius 2 is 2.15 bits per heavy atom. The normalized spacial score (nSPS) is 26.2. The zero-order valence-electron chi connectivity index (χ0n) is 10.9. The molecule has 1 saturated heterocycles. The molecule has 0 unspecified atom stereocenters. The summed E-state index contributed by atoms with van der Waals surface area (Å²) < 4.78 is 34.5. The Balaban J connectivity index is 2.40. The molecule has 0 radical (unpaired) electrons. The topological polar surface area (TPSA) is 130 Å². The van der Waals surface area contributed by atoms with E-state index in [4.69, 9.17) is 10.3 Å². The van der Waals surface area contributed by atoms with Crippen molar-refractivity contribution in [3.8, 4) is 0 Å². The summed E-state index contributed by atoms with van der Waals surface area (Å²) in [4.78, 5) is 24.7. The second kappa shape index (κ2) is 4.72. The van der Waals surface area contributed by atoms with Crippen molar-refractivity contribution in [1.29, 1.82) is 0 Å². The highest BCUT2D eigenvalue weighted by atomic mass is 32.3. The molecule has 112 valence electrons. The maximum Gasteiger partial charge on any atom is 0.418 e. The number of hydrogen-bond acceptors (Lipinski definition) is 5. The van der Waals surface area contributed by atoms with Gasteiger partial charge in [-0.3, -0.25) is 9.35 Å². The molecule has 2 bridgehead atoms. The average Bonchev–Trinajstić information content (AvgIpc) is 2.52. The minimum absolute atomic E-state index is 0.0590. The predicted molar refractivity (Wildman–Crippen MR) is 66.3 cm³/mol. The predicted octanol–water partition coefficient (Wildman–Crippen LogP) is -0.723. The number of urea groups is 1. The van der Waals surface area contributed by atoms with Gasteiger partial charge in [0.2, 0.25) is 5.91 Å². The third-order valence-electron chi connectivity index (χ3n) is 3.24. The molecular weight excluding hydrogens is 290 g/mol. The van der Waals surface area contributed by atoms with Crippen LogP contribution in [0.3, 0.4) is 0 Å². The number of fused-ring (bicyclic) bond motifs is 2. The summed E-state index contributed by atoms with van der Waals surface area (Å²) in [5.41, 5.74) is 5.93. The molecular formula is C10H15N3O6S. The summed E-state index contributed by atoms with van der Waals surface area (Å²) in [7, 11) is -4.82. The fourth-order valence-electron chi connectivity index (χ4n) is 2.47. The minimum Gasteiger partial charge on any atom is -0.368 e. The molecule has 0 aromatic carbocycles. The smallest absolute Gasteiger partial charge is 0.368 e. The van der Waals surface area contributed by atoms with Crippen molar-refractivity contribution in [3.05, 3.63) is 11.6 Å². The molecule has 0 spiro atoms. The van der Waals surface area contributed by atoms with Gasteiger partial charge < -0.3 is 10.6 Å². The van der Waals surface area contributed by atoms with Crippen LogP contribution in [0.1, 0.15) is 13.8 Å². The monoisotopic (exact) mass is 305 g/mol. The number of hydroxylamine groups is 2. The van der Waals surface area contributed by atoms with E-state index in [9.17, 15) is 18.0 Å². The van der Waals surface area contributed by atoms with E-state index in [1.807, 2.05) is 13.8 Å². The van der Waals surface area contributed by atoms with Gasteiger partial charge in [0.1, 0.15) is 6.04 Å². The number of nitrogens with zero attached hydrogens (tertiary/aromatic N) is 2. The van der Waals surface area contributed by atoms with Gasteiger partial charge >= 0.3 is 16.4 Å². The third kappa shape index (κ3) is 2.49. The zero-order chi connectivity index (χ0) is 15.2. The van der Waals surface area contributed by atoms with E-state index in [2.05, 4.69) is 4.28 Å². The molecule has 0 aromatic rings. The summed E-state index contributed by atoms with van der Waals surface area (Å²) in [6.07, 6.45) is 1.58. The van der Waals surface area contributed by atoms with Crippen LogP contribution in [0, 0.1) is 5.92 Å². The van der Waals surface area contributed by atoms with Crippen LogP contribution in [-0.4, -0.2) is 53.5 Å². The number of carbonyl (C=O) groups excluding carboxylic acids is 2. The molecule has 0 saturated carbocycles. The number of hydrogen-bond donors (Lipinski definition) is 2. The largest absolute Gasteiger partial charge is 0.418 e. The molecule has 2 heterocycles. The van der Waals surface area contributed by atoms with Crippen LogP contribution in [0.2, 0.25) is 0 Å². The number of rotatable bonds is 4. The van der Waals surface area contributed by atoms with Gasteiger partial charge in [0.15, 0.2) is 0 Å². The lowest BCUT2D eigenvalue weighted by Crippen LogP contribution is -2.49. The van der Waals surface area contributed by atoms with E-state index in [-0.39, 0.29) is 12.5 Å². The Hall–Kier alpha value is -1.65. The number of amides is 3. The molecule has 0 aliphatic carbocycles. The second-order valence-electron chi connectivity index (χ2n) is 4.96. The molecule has 2 aliphatic rings. The highest BCUT2D eigenvalue weighted by Crippen LogP contribution is 2.33. The van der Waals surface area contributed by atoms with Crippen molar-refractivity contribution in [3.63, 3.8) is 0 Å². The standard InChI is InChI=1S/C10H15N3O6S/c1-5(2)7-3-6-4-12(8(7)9(11)14)10(15)13(6)19-20(16,17)18/h3,5-6,8H,4H2,1-2H3,(H2,11,14)(H,16,17,18)/t6-,8+/m1/s1. The Kier molecular flexibility index (Phi) is 3.48. The summed E-state index contributed by atoms with van der Waals surface area (Å²) >= 11 is 0. The maximum absolute atomic E-state index is 12.1. The SMILES string of the molecule is CC(C)C1=C[C@@H]2CN(C(=O)N2OS(=O)(=O)O)[C@@H]1C(N)=O. The number of primary amides is 1. The third-order valence-corrected chi connectivity index (χ3v) is 3.59. The Morgan fingerprint density at radius 3 is 2.60 bits per heavy atom. The van der Waals surface area contributed by atoms with Crippen molar-refractivity contribution in [2.45, 2.75) is 25.9 Å². The minimum atomic E-state index is -4.82. The molecule has 2 rings (SSSR count). The number of carbonyl (C=O) groups is 2. The van der Waals surface area contributed by atoms with Crippen molar-refractivity contribution >= 4 is 22.3 Å². The van der Waals surface area contributed by atoms with Gasteiger partial charge in [-0.15, -0.1) is 4.28 Å². The highest BCUT2D eigenvalue weighted by Gasteiger charge is 2.49. The first-order valence-electron chi connectivity index (χ1n) is 5.89. The summed E-state index contributed by atoms with van der Waals surface area (Å²) in [6.45, 7) is 3.72. The van der Waals surface area contributed by atoms with Crippen LogP contribution in [0.5, 0.6) is 0 Å². The van der Waals surface area contributed by atoms with Crippen LogP contribution in [-0.2, 0) is 19.5 Å². The van der Waals surface area contributed by atoms with Crippen molar-refractivity contribution < 1.29 is 26.8 Å². The van der Waals surface area contributed by atoms with Crippen LogP contribution < -0.4 is 5.73 Å². The maximum atomic E-state index is 12.1. The lowest BCUT2D eigenvalue weighted by Gasteiger charge is -2.31. The molecule has 2 aliphatic heterocycles. The molecule has 1 fully saturated rings. The molecule has 2 atom stereocenters. The van der Waals surface area contributed by atoms with E-state index in [1.54, 1.807) is 6.08 Å². The zero-order valence-corrected chi connectivity index (χ0v) is 11.7. The molecule has 0 aromatic heterocycles. The van der Waals surface area contributed by atoms with Gasteiger partial charge in [-0.1, -0.05) is 19.9 Å². The van der Waals surface area contributed by atoms with Gasteiger partial charge in [-0.25, -0.2) is 4.79 Å². The molecule has 3 N–H and O–H groups in total. The summed E-state index contributed by atoms with van der Waals surface area (Å²) in [5.74, 6) is -0.762. The van der Waals surface area contributed by atoms with Gasteiger partial charge in [0.05, 0.1) is 12.6 Å². The van der Waals surface area contributed by atoms with Crippen molar-refractivity contribution in [2.24, 2.45) is 11.7 Å². The van der Waals surface area contributed by atoms with E-state index < -0.39 is 34.4 Å². The Morgan fingerprint density at radius 1 is 1.55 bits per heavy atom. The summed E-state index contributed by atoms with van der Waals surface area (Å²) in [5, 5.41) is 0.528. The van der Waals surface area contributed by atoms with Gasteiger partial charge in [-0.2, -0.15) is 13.5 Å². The van der Waals surface area contributed by atoms with Gasteiger partial charge in [0.25, 0.3) is 0 Å². The first-order chi connectivity index (χ1) is 9.11. The van der Waals surface area contributed by atoms with Gasteiger partial charge in [0, 0.05) is 0 Å². The first kappa shape index (κ1) is 14.8. The average molecular weight is 305 g/mol. The fourth-order valence-corrected chi connectivity index (χ4v) is 2.84. The van der Waals surface area contributed by atoms with E-state index in [0.717, 1.165) is 4.90 Å². The van der Waals surface area contributed by atoms with Crippen molar-refractivity contribution in [2.75, 3.05) is 6.54 Å². The van der Waals surface area contributed by atoms with Gasteiger partial charge in [-0.05, 0) is 11.5 Å². The van der Waals surface area contributed by atoms with Crippen molar-refractivity contribution in [1.82, 2.24) is 9.96 Å². The first-order valence-corrected chi connectivity index (χ1v) is 7.26. The van der Waals surface area contributed by atoms with Crippen LogP contribution >= 0.6 is 0 Å². The molecule has 20 heavy (non-hydrogen) atoms. The van der Waals surface area contributed by atoms with E-state index >= 15 is 0 Å². The Bertz CT molecular complexity index is 584. The Labute approximate surface area is 115 Å². The van der Waals surface area contributed by atoms with Crippen LogP contribution in [0.4, 0.5) is 4.79 Å². The number of nitrogens with two attached hydrogens (primary N) is 1. The van der Waals surface area contributed by atoms with Crippen LogP contribution in [0.25, 0.3) is 0 Å². The lowest BCUT2D eigenvalue weighted by atomic mass is 9.90.